The number of halogens is 2. The number of anilines is 1. The molecule has 0 unspecified atom stereocenters. The normalized spacial score (nSPS) is 10.1. The van der Waals surface area contributed by atoms with E-state index in [4.69, 9.17) is 16.7 Å². The van der Waals surface area contributed by atoms with Crippen molar-refractivity contribution in [1.82, 2.24) is 4.98 Å². The number of carboxylic acid groups (broad SMARTS) is 1. The van der Waals surface area contributed by atoms with Gasteiger partial charge in [0.25, 0.3) is 5.91 Å². The first-order valence-electron chi connectivity index (χ1n) is 5.43. The molecule has 0 spiro atoms. The molecule has 2 N–H and O–H groups in total. The lowest BCUT2D eigenvalue weighted by Crippen LogP contribution is -2.13. The van der Waals surface area contributed by atoms with E-state index in [1.54, 1.807) is 0 Å². The third kappa shape index (κ3) is 3.10. The Labute approximate surface area is 118 Å². The Morgan fingerprint density at radius 1 is 1.25 bits per heavy atom. The van der Waals surface area contributed by atoms with Gasteiger partial charge < -0.3 is 10.4 Å². The van der Waals surface area contributed by atoms with E-state index in [-0.39, 0.29) is 22.0 Å². The maximum Gasteiger partial charge on any atom is 0.354 e. The molecule has 20 heavy (non-hydrogen) atoms. The third-order valence-corrected chi connectivity index (χ3v) is 2.74. The highest BCUT2D eigenvalue weighted by molar-refractivity contribution is 6.33. The van der Waals surface area contributed by atoms with Crippen LogP contribution in [-0.4, -0.2) is 22.0 Å². The Kier molecular flexibility index (Phi) is 3.95. The van der Waals surface area contributed by atoms with E-state index < -0.39 is 17.7 Å². The molecule has 0 saturated carbocycles. The number of benzene rings is 1. The van der Waals surface area contributed by atoms with E-state index in [1.165, 1.54) is 18.2 Å². The zero-order valence-electron chi connectivity index (χ0n) is 9.93. The van der Waals surface area contributed by atoms with Gasteiger partial charge in [-0.1, -0.05) is 11.6 Å². The Bertz CT molecular complexity index is 674. The van der Waals surface area contributed by atoms with Crippen molar-refractivity contribution in [2.45, 2.75) is 0 Å². The van der Waals surface area contributed by atoms with Gasteiger partial charge in [0.15, 0.2) is 0 Å². The number of hydrogen-bond donors (Lipinski definition) is 2. The lowest BCUT2D eigenvalue weighted by atomic mass is 10.2. The van der Waals surface area contributed by atoms with Crippen LogP contribution in [0.25, 0.3) is 0 Å². The molecule has 0 saturated heterocycles. The van der Waals surface area contributed by atoms with E-state index in [2.05, 4.69) is 10.3 Å². The van der Waals surface area contributed by atoms with E-state index >= 15 is 0 Å². The quantitative estimate of drug-likeness (QED) is 0.912. The summed E-state index contributed by atoms with van der Waals surface area (Å²) in [5.41, 5.74) is 0.247. The van der Waals surface area contributed by atoms with Gasteiger partial charge in [-0.15, -0.1) is 0 Å². The van der Waals surface area contributed by atoms with Crippen molar-refractivity contribution in [3.05, 3.63) is 58.6 Å². The standard InChI is InChI=1S/C13H8ClFN2O3/c14-9-5-8(15)2-4-10(9)17-12(18)7-1-3-11(13(19)20)16-6-7/h1-6H,(H,17,18)(H,19,20). The highest BCUT2D eigenvalue weighted by atomic mass is 35.5. The highest BCUT2D eigenvalue weighted by Crippen LogP contribution is 2.22. The Morgan fingerprint density at radius 2 is 2.00 bits per heavy atom. The highest BCUT2D eigenvalue weighted by Gasteiger charge is 2.11. The SMILES string of the molecule is O=C(Nc1ccc(F)cc1Cl)c1ccc(C(=O)O)nc1. The van der Waals surface area contributed by atoms with Gasteiger partial charge in [-0.25, -0.2) is 14.2 Å². The number of aromatic nitrogens is 1. The zero-order valence-corrected chi connectivity index (χ0v) is 10.7. The molecule has 0 radical (unpaired) electrons. The summed E-state index contributed by atoms with van der Waals surface area (Å²) in [6.07, 6.45) is 1.14. The molecule has 1 aromatic heterocycles. The molecular weight excluding hydrogens is 287 g/mol. The van der Waals surface area contributed by atoms with E-state index in [0.717, 1.165) is 18.3 Å². The molecule has 0 atom stereocenters. The summed E-state index contributed by atoms with van der Waals surface area (Å²) in [7, 11) is 0. The minimum absolute atomic E-state index is 0.0634. The fraction of sp³-hybridized carbons (Fsp3) is 0. The number of nitrogens with zero attached hydrogens (tertiary/aromatic N) is 1. The van der Waals surface area contributed by atoms with Crippen LogP contribution in [0, 0.1) is 5.82 Å². The van der Waals surface area contributed by atoms with Gasteiger partial charge in [0.05, 0.1) is 16.3 Å². The van der Waals surface area contributed by atoms with Crippen molar-refractivity contribution in [2.24, 2.45) is 0 Å². The summed E-state index contributed by atoms with van der Waals surface area (Å²) in [5.74, 6) is -2.22. The van der Waals surface area contributed by atoms with Crippen LogP contribution in [0.2, 0.25) is 5.02 Å². The number of carboxylic acids is 1. The molecule has 1 aromatic carbocycles. The molecule has 0 aliphatic rings. The Morgan fingerprint density at radius 3 is 2.55 bits per heavy atom. The molecule has 0 bridgehead atoms. The fourth-order valence-electron chi connectivity index (χ4n) is 1.44. The smallest absolute Gasteiger partial charge is 0.354 e. The lowest BCUT2D eigenvalue weighted by Gasteiger charge is -2.07. The van der Waals surface area contributed by atoms with E-state index in [9.17, 15) is 14.0 Å². The minimum atomic E-state index is -1.18. The number of pyridine rings is 1. The van der Waals surface area contributed by atoms with Gasteiger partial charge in [0.2, 0.25) is 0 Å². The molecule has 0 aliphatic carbocycles. The topological polar surface area (TPSA) is 79.3 Å². The second-order valence-electron chi connectivity index (χ2n) is 3.82. The number of hydrogen-bond acceptors (Lipinski definition) is 3. The van der Waals surface area contributed by atoms with Crippen molar-refractivity contribution < 1.29 is 19.1 Å². The summed E-state index contributed by atoms with van der Waals surface area (Å²) < 4.78 is 12.9. The average molecular weight is 295 g/mol. The molecule has 0 fully saturated rings. The summed E-state index contributed by atoms with van der Waals surface area (Å²) in [4.78, 5) is 26.1. The van der Waals surface area contributed by atoms with Gasteiger partial charge in [-0.05, 0) is 30.3 Å². The molecule has 7 heteroatoms. The van der Waals surface area contributed by atoms with Crippen LogP contribution >= 0.6 is 11.6 Å². The molecule has 2 rings (SSSR count). The minimum Gasteiger partial charge on any atom is -0.477 e. The summed E-state index contributed by atoms with van der Waals surface area (Å²) in [6.45, 7) is 0. The van der Waals surface area contributed by atoms with Gasteiger partial charge in [0, 0.05) is 6.20 Å². The van der Waals surface area contributed by atoms with Crippen LogP contribution < -0.4 is 5.32 Å². The molecule has 1 amide bonds. The number of aromatic carboxylic acids is 1. The van der Waals surface area contributed by atoms with Crippen LogP contribution in [-0.2, 0) is 0 Å². The predicted octanol–water partition coefficient (Wildman–Crippen LogP) is 2.82. The lowest BCUT2D eigenvalue weighted by molar-refractivity contribution is 0.0690. The fourth-order valence-corrected chi connectivity index (χ4v) is 1.65. The molecule has 102 valence electrons. The zero-order chi connectivity index (χ0) is 14.7. The third-order valence-electron chi connectivity index (χ3n) is 2.42. The van der Waals surface area contributed by atoms with Crippen molar-refractivity contribution in [2.75, 3.05) is 5.32 Å². The summed E-state index contributed by atoms with van der Waals surface area (Å²) in [5, 5.41) is 11.2. The van der Waals surface area contributed by atoms with Gasteiger partial charge in [-0.2, -0.15) is 0 Å². The van der Waals surface area contributed by atoms with Gasteiger partial charge >= 0.3 is 5.97 Å². The maximum atomic E-state index is 12.9. The first-order chi connectivity index (χ1) is 9.47. The van der Waals surface area contributed by atoms with Crippen molar-refractivity contribution in [3.63, 3.8) is 0 Å². The number of amides is 1. The molecule has 0 aliphatic heterocycles. The number of carbonyl (C=O) groups is 2. The summed E-state index contributed by atoms with van der Waals surface area (Å²) in [6, 6.07) is 6.09. The largest absolute Gasteiger partial charge is 0.477 e. The number of carbonyl (C=O) groups excluding carboxylic acids is 1. The van der Waals surface area contributed by atoms with Crippen LogP contribution in [0.5, 0.6) is 0 Å². The molecular formula is C13H8ClFN2O3. The Hall–Kier alpha value is -2.47. The summed E-state index contributed by atoms with van der Waals surface area (Å²) >= 11 is 5.78. The predicted molar refractivity (Wildman–Crippen MR) is 70.6 cm³/mol. The second-order valence-corrected chi connectivity index (χ2v) is 4.22. The number of rotatable bonds is 3. The number of nitrogens with one attached hydrogen (secondary N) is 1. The molecule has 5 nitrogen and oxygen atoms in total. The molecule has 1 heterocycles. The van der Waals surface area contributed by atoms with Crippen molar-refractivity contribution in [1.29, 1.82) is 0 Å². The van der Waals surface area contributed by atoms with E-state index in [0.29, 0.717) is 0 Å². The first kappa shape index (κ1) is 14.0. The Balaban J connectivity index is 2.17. The van der Waals surface area contributed by atoms with Gasteiger partial charge in [0.1, 0.15) is 11.5 Å². The second kappa shape index (κ2) is 5.66. The van der Waals surface area contributed by atoms with Crippen LogP contribution in [0.15, 0.2) is 36.5 Å². The average Bonchev–Trinajstić information content (AvgIpc) is 2.42. The van der Waals surface area contributed by atoms with Crippen molar-refractivity contribution in [3.8, 4) is 0 Å². The van der Waals surface area contributed by atoms with Crippen LogP contribution in [0.3, 0.4) is 0 Å². The monoisotopic (exact) mass is 294 g/mol. The molecule has 2 aromatic rings. The van der Waals surface area contributed by atoms with Gasteiger partial charge in [-0.3, -0.25) is 4.79 Å². The first-order valence-corrected chi connectivity index (χ1v) is 5.81. The maximum absolute atomic E-state index is 12.9. The van der Waals surface area contributed by atoms with E-state index in [1.807, 2.05) is 0 Å². The van der Waals surface area contributed by atoms with Crippen molar-refractivity contribution >= 4 is 29.2 Å². The van der Waals surface area contributed by atoms with Crippen LogP contribution in [0.1, 0.15) is 20.8 Å². The van der Waals surface area contributed by atoms with Crippen LogP contribution in [0.4, 0.5) is 10.1 Å².